The van der Waals surface area contributed by atoms with Gasteiger partial charge in [0, 0.05) is 9.84 Å². The van der Waals surface area contributed by atoms with E-state index in [1.165, 1.54) is 0 Å². The normalized spacial score (nSPS) is 50.4. The minimum Gasteiger partial charge on any atom is -0.211 e. The topological polar surface area (TPSA) is 0 Å². The van der Waals surface area contributed by atoms with Gasteiger partial charge in [-0.1, -0.05) is 22.6 Å². The van der Waals surface area contributed by atoms with Crippen LogP contribution in [0.15, 0.2) is 0 Å². The van der Waals surface area contributed by atoms with Gasteiger partial charge in [-0.25, -0.2) is 8.78 Å². The maximum Gasteiger partial charge on any atom is 0.239 e. The summed E-state index contributed by atoms with van der Waals surface area (Å²) in [6.07, 6.45) is 1.21. The third kappa shape index (κ3) is 0.889. The van der Waals surface area contributed by atoms with Gasteiger partial charge < -0.3 is 0 Å². The van der Waals surface area contributed by atoms with E-state index in [1.54, 1.807) is 0 Å². The Morgan fingerprint density at radius 1 is 1.30 bits per heavy atom. The van der Waals surface area contributed by atoms with Gasteiger partial charge in [0.2, 0.25) is 6.43 Å². The molecule has 0 amide bonds. The molecular formula is C7H9F2I. The maximum absolute atomic E-state index is 11.9. The maximum atomic E-state index is 11.9. The summed E-state index contributed by atoms with van der Waals surface area (Å²) in [7, 11) is 0. The molecule has 58 valence electrons. The average Bonchev–Trinajstić information content (AvgIpc) is 1.56. The van der Waals surface area contributed by atoms with Gasteiger partial charge in [0.15, 0.2) is 0 Å². The lowest BCUT2D eigenvalue weighted by molar-refractivity contribution is -0.103. The summed E-state index contributed by atoms with van der Waals surface area (Å²) < 4.78 is 24.2. The van der Waals surface area contributed by atoms with Crippen molar-refractivity contribution in [2.24, 2.45) is 5.41 Å². The highest BCUT2D eigenvalue weighted by Crippen LogP contribution is 2.73. The summed E-state index contributed by atoms with van der Waals surface area (Å²) in [5, 5.41) is 0. The molecule has 0 aromatic carbocycles. The highest BCUT2D eigenvalue weighted by molar-refractivity contribution is 14.1. The summed E-state index contributed by atoms with van der Waals surface area (Å²) in [6, 6.07) is 0. The number of halogens is 3. The molecule has 3 aliphatic carbocycles. The van der Waals surface area contributed by atoms with E-state index in [9.17, 15) is 8.78 Å². The number of hydrogen-bond acceptors (Lipinski definition) is 0. The molecular weight excluding hydrogens is 249 g/mol. The summed E-state index contributed by atoms with van der Waals surface area (Å²) in [5.41, 5.74) is 0.0926. The second-order valence-electron chi connectivity index (χ2n) is 3.78. The summed E-state index contributed by atoms with van der Waals surface area (Å²) in [4.78, 5) is 0. The van der Waals surface area contributed by atoms with Crippen LogP contribution in [0.25, 0.3) is 0 Å². The summed E-state index contributed by atoms with van der Waals surface area (Å²) >= 11 is 2.41. The number of hydrogen-bond donors (Lipinski definition) is 0. The van der Waals surface area contributed by atoms with Gasteiger partial charge in [-0.15, -0.1) is 0 Å². The van der Waals surface area contributed by atoms with Crippen LogP contribution in [0.4, 0.5) is 8.78 Å². The van der Waals surface area contributed by atoms with Gasteiger partial charge in [0.25, 0.3) is 0 Å². The number of alkyl halides is 3. The van der Waals surface area contributed by atoms with Crippen molar-refractivity contribution >= 4 is 22.6 Å². The van der Waals surface area contributed by atoms with Crippen LogP contribution < -0.4 is 0 Å². The van der Waals surface area contributed by atoms with E-state index in [2.05, 4.69) is 22.6 Å². The Bertz CT molecular complexity index is 147. The van der Waals surface area contributed by atoms with E-state index in [0.29, 0.717) is 3.42 Å². The summed E-state index contributed by atoms with van der Waals surface area (Å²) in [6.45, 7) is 0. The molecule has 0 radical (unpaired) electrons. The SMILES string of the molecule is FC(F)CC12CC(I)(C1)C2. The standard InChI is InChI=1S/C7H9F2I/c8-5(9)1-6-2-7(10,3-6)4-6/h5H,1-4H2. The van der Waals surface area contributed by atoms with Crippen LogP contribution in [0.1, 0.15) is 25.7 Å². The van der Waals surface area contributed by atoms with Crippen LogP contribution in [0, 0.1) is 5.41 Å². The van der Waals surface area contributed by atoms with Crippen LogP contribution in [0.5, 0.6) is 0 Å². The minimum atomic E-state index is -2.08. The molecule has 2 bridgehead atoms. The van der Waals surface area contributed by atoms with Crippen molar-refractivity contribution in [1.82, 2.24) is 0 Å². The Balaban J connectivity index is 1.87. The highest BCUT2D eigenvalue weighted by atomic mass is 127. The minimum absolute atomic E-state index is 0.0926. The molecule has 3 fully saturated rings. The van der Waals surface area contributed by atoms with Crippen molar-refractivity contribution in [3.63, 3.8) is 0 Å². The van der Waals surface area contributed by atoms with Crippen molar-refractivity contribution in [3.05, 3.63) is 0 Å². The second kappa shape index (κ2) is 1.84. The van der Waals surface area contributed by atoms with E-state index in [-0.39, 0.29) is 11.8 Å². The van der Waals surface area contributed by atoms with E-state index in [1.807, 2.05) is 0 Å². The van der Waals surface area contributed by atoms with Crippen LogP contribution >= 0.6 is 22.6 Å². The predicted octanol–water partition coefficient (Wildman–Crippen LogP) is 3.00. The Labute approximate surface area is 72.5 Å². The molecule has 0 heterocycles. The molecule has 3 rings (SSSR count). The van der Waals surface area contributed by atoms with Gasteiger partial charge in [0.05, 0.1) is 0 Å². The fourth-order valence-corrected chi connectivity index (χ4v) is 4.83. The zero-order valence-corrected chi connectivity index (χ0v) is 7.70. The highest BCUT2D eigenvalue weighted by Gasteiger charge is 2.66. The Morgan fingerprint density at radius 3 is 2.10 bits per heavy atom. The molecule has 3 aliphatic rings. The van der Waals surface area contributed by atoms with Crippen molar-refractivity contribution in [2.45, 2.75) is 35.5 Å². The summed E-state index contributed by atoms with van der Waals surface area (Å²) in [5.74, 6) is 0. The first-order chi connectivity index (χ1) is 4.54. The van der Waals surface area contributed by atoms with Crippen molar-refractivity contribution in [3.8, 4) is 0 Å². The molecule has 0 unspecified atom stereocenters. The third-order valence-electron chi connectivity index (χ3n) is 2.66. The molecule has 10 heavy (non-hydrogen) atoms. The first kappa shape index (κ1) is 7.25. The van der Waals surface area contributed by atoms with E-state index < -0.39 is 6.43 Å². The van der Waals surface area contributed by atoms with Gasteiger partial charge in [0.1, 0.15) is 0 Å². The Morgan fingerprint density at radius 2 is 1.80 bits per heavy atom. The lowest BCUT2D eigenvalue weighted by Crippen LogP contribution is -2.63. The van der Waals surface area contributed by atoms with Gasteiger partial charge >= 0.3 is 0 Å². The van der Waals surface area contributed by atoms with Crippen LogP contribution in [0.2, 0.25) is 0 Å². The monoisotopic (exact) mass is 258 g/mol. The zero-order valence-electron chi connectivity index (χ0n) is 5.54. The van der Waals surface area contributed by atoms with E-state index in [0.717, 1.165) is 19.3 Å². The molecule has 0 aliphatic heterocycles. The van der Waals surface area contributed by atoms with E-state index in [4.69, 9.17) is 0 Å². The fourth-order valence-electron chi connectivity index (χ4n) is 2.40. The molecule has 0 atom stereocenters. The van der Waals surface area contributed by atoms with Crippen LogP contribution in [0.3, 0.4) is 0 Å². The molecule has 3 heteroatoms. The van der Waals surface area contributed by atoms with Gasteiger partial charge in [-0.05, 0) is 24.7 Å². The first-order valence-electron chi connectivity index (χ1n) is 3.51. The van der Waals surface area contributed by atoms with Crippen LogP contribution in [-0.4, -0.2) is 9.85 Å². The molecule has 0 N–H and O–H groups in total. The Kier molecular flexibility index (Phi) is 1.34. The fraction of sp³-hybridized carbons (Fsp3) is 1.00. The van der Waals surface area contributed by atoms with Crippen molar-refractivity contribution in [1.29, 1.82) is 0 Å². The zero-order chi connectivity index (χ0) is 7.41. The van der Waals surface area contributed by atoms with Crippen molar-refractivity contribution in [2.75, 3.05) is 0 Å². The first-order valence-corrected chi connectivity index (χ1v) is 4.59. The molecule has 0 saturated heterocycles. The van der Waals surface area contributed by atoms with E-state index >= 15 is 0 Å². The largest absolute Gasteiger partial charge is 0.239 e. The lowest BCUT2D eigenvalue weighted by atomic mass is 9.43. The van der Waals surface area contributed by atoms with Crippen molar-refractivity contribution < 1.29 is 8.78 Å². The van der Waals surface area contributed by atoms with Gasteiger partial charge in [-0.2, -0.15) is 0 Å². The molecule has 0 spiro atoms. The average molecular weight is 258 g/mol. The smallest absolute Gasteiger partial charge is 0.211 e. The molecule has 0 nitrogen and oxygen atoms in total. The second-order valence-corrected chi connectivity index (χ2v) is 6.06. The number of rotatable bonds is 2. The molecule has 0 aromatic rings. The predicted molar refractivity (Wildman–Crippen MR) is 43.7 cm³/mol. The third-order valence-corrected chi connectivity index (χ3v) is 3.81. The molecule has 0 aromatic heterocycles. The lowest BCUT2D eigenvalue weighted by Gasteiger charge is -2.68. The Hall–Kier alpha value is 0.590. The quantitative estimate of drug-likeness (QED) is 0.527. The van der Waals surface area contributed by atoms with Crippen LogP contribution in [-0.2, 0) is 0 Å². The van der Waals surface area contributed by atoms with Gasteiger partial charge in [-0.3, -0.25) is 0 Å². The molecule has 3 saturated carbocycles.